The van der Waals surface area contributed by atoms with Crippen molar-refractivity contribution in [3.8, 4) is 0 Å². The molecule has 0 bridgehead atoms. The molecule has 1 fully saturated rings. The van der Waals surface area contributed by atoms with Crippen LogP contribution in [0.25, 0.3) is 0 Å². The summed E-state index contributed by atoms with van der Waals surface area (Å²) in [7, 11) is 0. The van der Waals surface area contributed by atoms with Gasteiger partial charge in [0.1, 0.15) is 5.84 Å². The average molecular weight is 245 g/mol. The standard InChI is InChI=1S/C11H23N3OS/c1-2-16-8-4-7-14-6-3-5-10(9-14)11(12)13-15/h10,15H,2-9H2,1H3,(H2,12,13). The van der Waals surface area contributed by atoms with Gasteiger partial charge >= 0.3 is 0 Å². The van der Waals surface area contributed by atoms with Gasteiger partial charge in [0.15, 0.2) is 0 Å². The average Bonchev–Trinajstić information content (AvgIpc) is 2.34. The molecule has 16 heavy (non-hydrogen) atoms. The highest BCUT2D eigenvalue weighted by molar-refractivity contribution is 7.99. The second-order valence-corrected chi connectivity index (χ2v) is 5.61. The van der Waals surface area contributed by atoms with E-state index in [1.807, 2.05) is 11.8 Å². The maximum atomic E-state index is 8.66. The summed E-state index contributed by atoms with van der Waals surface area (Å²) in [5, 5.41) is 11.8. The zero-order chi connectivity index (χ0) is 11.8. The molecule has 3 N–H and O–H groups in total. The van der Waals surface area contributed by atoms with Crippen molar-refractivity contribution in [3.63, 3.8) is 0 Å². The number of oxime groups is 1. The molecule has 0 aromatic carbocycles. The van der Waals surface area contributed by atoms with Gasteiger partial charge in [-0.05, 0) is 43.9 Å². The van der Waals surface area contributed by atoms with Gasteiger partial charge in [0.2, 0.25) is 0 Å². The molecule has 4 nitrogen and oxygen atoms in total. The highest BCUT2D eigenvalue weighted by Gasteiger charge is 2.22. The molecular formula is C11H23N3OS. The van der Waals surface area contributed by atoms with Gasteiger partial charge in [0.05, 0.1) is 0 Å². The minimum absolute atomic E-state index is 0.248. The van der Waals surface area contributed by atoms with Crippen LogP contribution in [0.15, 0.2) is 5.16 Å². The van der Waals surface area contributed by atoms with Gasteiger partial charge in [-0.25, -0.2) is 0 Å². The van der Waals surface area contributed by atoms with Crippen LogP contribution in [0.3, 0.4) is 0 Å². The van der Waals surface area contributed by atoms with E-state index >= 15 is 0 Å². The maximum absolute atomic E-state index is 8.66. The summed E-state index contributed by atoms with van der Waals surface area (Å²) in [6.07, 6.45) is 3.44. The van der Waals surface area contributed by atoms with E-state index in [9.17, 15) is 0 Å². The molecule has 0 aliphatic carbocycles. The van der Waals surface area contributed by atoms with Crippen molar-refractivity contribution in [2.75, 3.05) is 31.1 Å². The van der Waals surface area contributed by atoms with Gasteiger partial charge < -0.3 is 15.8 Å². The number of likely N-dealkylation sites (tertiary alicyclic amines) is 1. The molecule has 0 saturated carbocycles. The Morgan fingerprint density at radius 1 is 1.62 bits per heavy atom. The van der Waals surface area contributed by atoms with Crippen molar-refractivity contribution in [2.24, 2.45) is 16.8 Å². The van der Waals surface area contributed by atoms with Gasteiger partial charge in [-0.2, -0.15) is 11.8 Å². The largest absolute Gasteiger partial charge is 0.409 e. The smallest absolute Gasteiger partial charge is 0.143 e. The molecule has 0 radical (unpaired) electrons. The number of rotatable bonds is 6. The molecule has 1 atom stereocenters. The Morgan fingerprint density at radius 3 is 3.12 bits per heavy atom. The fourth-order valence-electron chi connectivity index (χ4n) is 2.12. The van der Waals surface area contributed by atoms with E-state index in [1.165, 1.54) is 17.9 Å². The molecule has 0 amide bonds. The van der Waals surface area contributed by atoms with Crippen molar-refractivity contribution in [1.29, 1.82) is 0 Å². The third-order valence-electron chi connectivity index (χ3n) is 3.01. The van der Waals surface area contributed by atoms with E-state index in [0.29, 0.717) is 5.84 Å². The second-order valence-electron chi connectivity index (χ2n) is 4.22. The monoisotopic (exact) mass is 245 g/mol. The van der Waals surface area contributed by atoms with Crippen LogP contribution in [0, 0.1) is 5.92 Å². The third-order valence-corrected chi connectivity index (χ3v) is 3.99. The summed E-state index contributed by atoms with van der Waals surface area (Å²) in [4.78, 5) is 2.43. The Morgan fingerprint density at radius 2 is 2.44 bits per heavy atom. The van der Waals surface area contributed by atoms with Crippen molar-refractivity contribution in [3.05, 3.63) is 0 Å². The van der Waals surface area contributed by atoms with Gasteiger partial charge in [-0.15, -0.1) is 0 Å². The van der Waals surface area contributed by atoms with Crippen LogP contribution in [-0.4, -0.2) is 47.1 Å². The van der Waals surface area contributed by atoms with Crippen LogP contribution >= 0.6 is 11.8 Å². The lowest BCUT2D eigenvalue weighted by Gasteiger charge is -2.31. The maximum Gasteiger partial charge on any atom is 0.143 e. The van der Waals surface area contributed by atoms with Gasteiger partial charge in [-0.3, -0.25) is 0 Å². The molecule has 1 heterocycles. The number of nitrogens with two attached hydrogens (primary N) is 1. The number of amidine groups is 1. The topological polar surface area (TPSA) is 61.8 Å². The van der Waals surface area contributed by atoms with Crippen LogP contribution in [-0.2, 0) is 0 Å². The molecule has 1 saturated heterocycles. The fraction of sp³-hybridized carbons (Fsp3) is 0.909. The van der Waals surface area contributed by atoms with Crippen molar-refractivity contribution in [2.45, 2.75) is 26.2 Å². The minimum Gasteiger partial charge on any atom is -0.409 e. The normalized spacial score (nSPS) is 23.6. The van der Waals surface area contributed by atoms with E-state index in [1.54, 1.807) is 0 Å². The molecule has 1 unspecified atom stereocenters. The number of piperidine rings is 1. The highest BCUT2D eigenvalue weighted by Crippen LogP contribution is 2.17. The number of hydrogen-bond acceptors (Lipinski definition) is 4. The first-order valence-corrected chi connectivity index (χ1v) is 7.21. The summed E-state index contributed by atoms with van der Waals surface area (Å²) >= 11 is 1.99. The van der Waals surface area contributed by atoms with Gasteiger partial charge in [0.25, 0.3) is 0 Å². The Bertz CT molecular complexity index is 223. The summed E-state index contributed by atoms with van der Waals surface area (Å²) < 4.78 is 0. The number of thioether (sulfide) groups is 1. The van der Waals surface area contributed by atoms with Crippen molar-refractivity contribution >= 4 is 17.6 Å². The molecule has 0 spiro atoms. The lowest BCUT2D eigenvalue weighted by atomic mass is 9.97. The molecule has 1 aliphatic rings. The molecule has 94 valence electrons. The van der Waals surface area contributed by atoms with Crippen LogP contribution in [0.5, 0.6) is 0 Å². The summed E-state index contributed by atoms with van der Waals surface area (Å²) in [6, 6.07) is 0. The summed E-state index contributed by atoms with van der Waals surface area (Å²) in [6.45, 7) is 5.45. The minimum atomic E-state index is 0.248. The molecule has 1 aliphatic heterocycles. The third kappa shape index (κ3) is 4.61. The van der Waals surface area contributed by atoms with Crippen LogP contribution in [0.2, 0.25) is 0 Å². The van der Waals surface area contributed by atoms with Gasteiger partial charge in [0, 0.05) is 12.5 Å². The Kier molecular flexibility index (Phi) is 6.64. The lowest BCUT2D eigenvalue weighted by Crippen LogP contribution is -2.41. The van der Waals surface area contributed by atoms with Crippen LogP contribution in [0.4, 0.5) is 0 Å². The molecule has 0 aromatic rings. The zero-order valence-electron chi connectivity index (χ0n) is 10.1. The first kappa shape index (κ1) is 13.6. The van der Waals surface area contributed by atoms with Crippen molar-refractivity contribution < 1.29 is 5.21 Å². The first-order valence-electron chi connectivity index (χ1n) is 6.05. The van der Waals surface area contributed by atoms with E-state index in [4.69, 9.17) is 10.9 Å². The van der Waals surface area contributed by atoms with Gasteiger partial charge in [-0.1, -0.05) is 12.1 Å². The second kappa shape index (κ2) is 7.79. The van der Waals surface area contributed by atoms with E-state index in [2.05, 4.69) is 17.0 Å². The predicted octanol–water partition coefficient (Wildman–Crippen LogP) is 1.59. The number of hydrogen-bond donors (Lipinski definition) is 2. The molecule has 5 heteroatoms. The van der Waals surface area contributed by atoms with E-state index in [-0.39, 0.29) is 5.92 Å². The molecule has 1 rings (SSSR count). The highest BCUT2D eigenvalue weighted by atomic mass is 32.2. The zero-order valence-corrected chi connectivity index (χ0v) is 10.9. The van der Waals surface area contributed by atoms with Crippen molar-refractivity contribution in [1.82, 2.24) is 4.90 Å². The quantitative estimate of drug-likeness (QED) is 0.245. The first-order chi connectivity index (χ1) is 7.77. The number of nitrogens with zero attached hydrogens (tertiary/aromatic N) is 2. The molecular weight excluding hydrogens is 222 g/mol. The molecule has 0 aromatic heterocycles. The van der Waals surface area contributed by atoms with Crippen LogP contribution < -0.4 is 5.73 Å². The Labute approximate surface area is 102 Å². The summed E-state index contributed by atoms with van der Waals surface area (Å²) in [5.41, 5.74) is 5.66. The van der Waals surface area contributed by atoms with E-state index < -0.39 is 0 Å². The predicted molar refractivity (Wildman–Crippen MR) is 70.2 cm³/mol. The SMILES string of the molecule is CCSCCCN1CCCC(C(N)=NO)C1. The summed E-state index contributed by atoms with van der Waals surface area (Å²) in [5.74, 6) is 3.08. The fourth-order valence-corrected chi connectivity index (χ4v) is 2.74. The van der Waals surface area contributed by atoms with E-state index in [0.717, 1.165) is 32.5 Å². The lowest BCUT2D eigenvalue weighted by molar-refractivity contribution is 0.201. The van der Waals surface area contributed by atoms with Crippen LogP contribution in [0.1, 0.15) is 26.2 Å². The Balaban J connectivity index is 2.22. The Hall–Kier alpha value is -0.420.